The molecule has 1 heterocycles. The van der Waals surface area contributed by atoms with E-state index in [-0.39, 0.29) is 24.1 Å². The summed E-state index contributed by atoms with van der Waals surface area (Å²) in [5, 5.41) is 11.5. The van der Waals surface area contributed by atoms with Crippen molar-refractivity contribution in [2.45, 2.75) is 44.3 Å². The fourth-order valence-electron chi connectivity index (χ4n) is 5.16. The van der Waals surface area contributed by atoms with Crippen molar-refractivity contribution < 1.29 is 23.9 Å². The Hall–Kier alpha value is -4.73. The number of rotatable bonds is 9. The summed E-state index contributed by atoms with van der Waals surface area (Å²) >= 11 is 0. The van der Waals surface area contributed by atoms with Crippen LogP contribution in [-0.2, 0) is 20.9 Å². The fraction of sp³-hybridized carbons (Fsp3) is 0.300. The van der Waals surface area contributed by atoms with Crippen LogP contribution in [-0.4, -0.2) is 53.0 Å². The molecule has 1 fully saturated rings. The highest BCUT2D eigenvalue weighted by molar-refractivity contribution is 6.02. The summed E-state index contributed by atoms with van der Waals surface area (Å²) in [5.41, 5.74) is 2.52. The second-order valence-electron chi connectivity index (χ2n) is 9.71. The zero-order chi connectivity index (χ0) is 28.1. The van der Waals surface area contributed by atoms with Gasteiger partial charge in [-0.2, -0.15) is 0 Å². The number of para-hydroxylation sites is 1. The van der Waals surface area contributed by atoms with Crippen LogP contribution in [0.25, 0.3) is 11.0 Å². The van der Waals surface area contributed by atoms with E-state index >= 15 is 0 Å². The third kappa shape index (κ3) is 5.66. The van der Waals surface area contributed by atoms with Crippen molar-refractivity contribution in [3.05, 3.63) is 83.9 Å². The zero-order valence-corrected chi connectivity index (χ0v) is 22.4. The van der Waals surface area contributed by atoms with Crippen LogP contribution >= 0.6 is 0 Å². The highest BCUT2D eigenvalue weighted by atomic mass is 16.5. The van der Waals surface area contributed by atoms with Crippen LogP contribution in [0, 0.1) is 0 Å². The van der Waals surface area contributed by atoms with Crippen molar-refractivity contribution in [2.75, 3.05) is 19.1 Å². The molecule has 0 saturated heterocycles. The number of aromatic nitrogens is 3. The number of methoxy groups -OCH3 is 2. The molecule has 4 aromatic rings. The molecule has 1 aromatic heterocycles. The van der Waals surface area contributed by atoms with Gasteiger partial charge < -0.3 is 14.8 Å². The summed E-state index contributed by atoms with van der Waals surface area (Å²) in [5.74, 6) is -0.730. The second kappa shape index (κ2) is 12.0. The van der Waals surface area contributed by atoms with Crippen LogP contribution in [0.15, 0.2) is 72.8 Å². The number of anilines is 1. The summed E-state index contributed by atoms with van der Waals surface area (Å²) in [6.45, 7) is -0.180. The van der Waals surface area contributed by atoms with E-state index in [0.29, 0.717) is 28.0 Å². The van der Waals surface area contributed by atoms with Crippen molar-refractivity contribution in [2.24, 2.45) is 0 Å². The van der Waals surface area contributed by atoms with Gasteiger partial charge in [0.05, 0.1) is 25.3 Å². The van der Waals surface area contributed by atoms with Gasteiger partial charge in [0.15, 0.2) is 0 Å². The van der Waals surface area contributed by atoms with Crippen LogP contribution < -0.4 is 15.0 Å². The molecule has 5 rings (SSSR count). The number of nitrogens with zero attached hydrogens (tertiary/aromatic N) is 4. The molecule has 0 aliphatic heterocycles. The maximum atomic E-state index is 14.2. The molecule has 1 saturated carbocycles. The minimum Gasteiger partial charge on any atom is -0.497 e. The highest BCUT2D eigenvalue weighted by Gasteiger charge is 2.35. The molecule has 10 heteroatoms. The third-order valence-electron chi connectivity index (χ3n) is 7.14. The van der Waals surface area contributed by atoms with Gasteiger partial charge in [0.2, 0.25) is 11.8 Å². The highest BCUT2D eigenvalue weighted by Crippen LogP contribution is 2.32. The van der Waals surface area contributed by atoms with E-state index in [1.54, 1.807) is 55.6 Å². The van der Waals surface area contributed by atoms with E-state index < -0.39 is 17.9 Å². The molecule has 40 heavy (non-hydrogen) atoms. The van der Waals surface area contributed by atoms with E-state index in [2.05, 4.69) is 15.6 Å². The molecule has 1 atom stereocenters. The van der Waals surface area contributed by atoms with Crippen molar-refractivity contribution >= 4 is 34.5 Å². The largest absolute Gasteiger partial charge is 0.497 e. The first-order chi connectivity index (χ1) is 19.5. The quantitative estimate of drug-likeness (QED) is 0.318. The van der Waals surface area contributed by atoms with Crippen molar-refractivity contribution in [3.8, 4) is 5.75 Å². The minimum absolute atomic E-state index is 0.0261. The van der Waals surface area contributed by atoms with Gasteiger partial charge in [-0.15, -0.1) is 5.10 Å². The van der Waals surface area contributed by atoms with Crippen LogP contribution in [0.5, 0.6) is 5.75 Å². The lowest BCUT2D eigenvalue weighted by Gasteiger charge is -2.32. The Balaban J connectivity index is 1.62. The molecule has 0 radical (unpaired) electrons. The minimum atomic E-state index is -1.05. The van der Waals surface area contributed by atoms with Gasteiger partial charge in [-0.3, -0.25) is 14.5 Å². The maximum absolute atomic E-state index is 14.2. The molecular formula is C30H31N5O5. The number of nitrogens with one attached hydrogen (secondary N) is 1. The van der Waals surface area contributed by atoms with Gasteiger partial charge in [0, 0.05) is 11.7 Å². The summed E-state index contributed by atoms with van der Waals surface area (Å²) in [6.07, 6.45) is 3.84. The first kappa shape index (κ1) is 26.9. The Morgan fingerprint density at radius 3 is 2.55 bits per heavy atom. The SMILES string of the molecule is COC(=O)c1cccc(N(C(=O)Cn2nnc3ccccc32)[C@H](C(=O)NC2CCCC2)c2cccc(OC)c2)c1. The molecular weight excluding hydrogens is 510 g/mol. The summed E-state index contributed by atoms with van der Waals surface area (Å²) in [4.78, 5) is 42.1. The lowest BCUT2D eigenvalue weighted by Crippen LogP contribution is -2.47. The normalized spacial score (nSPS) is 14.1. The van der Waals surface area contributed by atoms with E-state index in [1.165, 1.54) is 16.7 Å². The molecule has 1 N–H and O–H groups in total. The number of hydrogen-bond acceptors (Lipinski definition) is 7. The smallest absolute Gasteiger partial charge is 0.337 e. The molecule has 10 nitrogen and oxygen atoms in total. The lowest BCUT2D eigenvalue weighted by atomic mass is 10.0. The number of hydrogen-bond donors (Lipinski definition) is 1. The molecule has 0 unspecified atom stereocenters. The number of ether oxygens (including phenoxy) is 2. The monoisotopic (exact) mass is 541 g/mol. The Bertz CT molecular complexity index is 1530. The topological polar surface area (TPSA) is 116 Å². The van der Waals surface area contributed by atoms with Crippen LogP contribution in [0.3, 0.4) is 0 Å². The fourth-order valence-corrected chi connectivity index (χ4v) is 5.16. The molecule has 1 aliphatic rings. The maximum Gasteiger partial charge on any atom is 0.337 e. The molecule has 2 amide bonds. The van der Waals surface area contributed by atoms with Crippen molar-refractivity contribution in [1.29, 1.82) is 0 Å². The zero-order valence-electron chi connectivity index (χ0n) is 22.4. The number of carbonyl (C=O) groups excluding carboxylic acids is 3. The second-order valence-corrected chi connectivity index (χ2v) is 9.71. The van der Waals surface area contributed by atoms with Crippen molar-refractivity contribution in [1.82, 2.24) is 20.3 Å². The van der Waals surface area contributed by atoms with Gasteiger partial charge >= 0.3 is 5.97 Å². The first-order valence-electron chi connectivity index (χ1n) is 13.2. The van der Waals surface area contributed by atoms with Gasteiger partial charge in [-0.1, -0.05) is 48.4 Å². The average molecular weight is 542 g/mol. The predicted molar refractivity (Wildman–Crippen MR) is 149 cm³/mol. The van der Waals surface area contributed by atoms with Crippen molar-refractivity contribution in [3.63, 3.8) is 0 Å². The first-order valence-corrected chi connectivity index (χ1v) is 13.2. The van der Waals surface area contributed by atoms with Crippen LogP contribution in [0.1, 0.15) is 47.6 Å². The number of carbonyl (C=O) groups is 3. The van der Waals surface area contributed by atoms with Gasteiger partial charge in [-0.25, -0.2) is 9.48 Å². The number of benzene rings is 3. The van der Waals surface area contributed by atoms with Gasteiger partial charge in [-0.05, 0) is 60.9 Å². The Morgan fingerprint density at radius 2 is 1.77 bits per heavy atom. The number of amides is 2. The summed E-state index contributed by atoms with van der Waals surface area (Å²) in [6, 6.07) is 19.9. The molecule has 1 aliphatic carbocycles. The molecule has 206 valence electrons. The Kier molecular flexibility index (Phi) is 8.04. The third-order valence-corrected chi connectivity index (χ3v) is 7.14. The lowest BCUT2D eigenvalue weighted by molar-refractivity contribution is -0.127. The van der Waals surface area contributed by atoms with Crippen LogP contribution in [0.4, 0.5) is 5.69 Å². The molecule has 0 bridgehead atoms. The summed E-state index contributed by atoms with van der Waals surface area (Å²) in [7, 11) is 2.84. The van der Waals surface area contributed by atoms with E-state index in [1.807, 2.05) is 24.3 Å². The van der Waals surface area contributed by atoms with E-state index in [0.717, 1.165) is 25.7 Å². The number of esters is 1. The Morgan fingerprint density at radius 1 is 1.00 bits per heavy atom. The molecule has 3 aromatic carbocycles. The average Bonchev–Trinajstić information content (AvgIpc) is 3.65. The summed E-state index contributed by atoms with van der Waals surface area (Å²) < 4.78 is 11.9. The number of fused-ring (bicyclic) bond motifs is 1. The Labute approximate surface area is 231 Å². The van der Waals surface area contributed by atoms with Crippen LogP contribution in [0.2, 0.25) is 0 Å². The van der Waals surface area contributed by atoms with E-state index in [4.69, 9.17) is 9.47 Å². The van der Waals surface area contributed by atoms with Gasteiger partial charge in [0.1, 0.15) is 23.9 Å². The molecule has 0 spiro atoms. The van der Waals surface area contributed by atoms with E-state index in [9.17, 15) is 14.4 Å². The standard InChI is InChI=1S/C30H31N5O5/c1-39-24-14-8-9-20(18-24)28(29(37)31-22-11-3-4-12-22)35(23-13-7-10-21(17-23)30(38)40-2)27(36)19-34-26-16-6-5-15-25(26)32-33-34/h5-10,13-18,22,28H,3-4,11-12,19H2,1-2H3,(H,31,37)/t28-/m0/s1. The van der Waals surface area contributed by atoms with Gasteiger partial charge in [0.25, 0.3) is 0 Å². The predicted octanol–water partition coefficient (Wildman–Crippen LogP) is 4.06.